The van der Waals surface area contributed by atoms with Gasteiger partial charge < -0.3 is 15.6 Å². The van der Waals surface area contributed by atoms with E-state index in [2.05, 4.69) is 0 Å². The summed E-state index contributed by atoms with van der Waals surface area (Å²) in [5.74, 6) is 0.224. The van der Waals surface area contributed by atoms with Crippen molar-refractivity contribution in [2.75, 3.05) is 12.4 Å². The van der Waals surface area contributed by atoms with Crippen LogP contribution < -0.4 is 5.73 Å². The lowest BCUT2D eigenvalue weighted by molar-refractivity contribution is -0.144. The van der Waals surface area contributed by atoms with E-state index in [-0.39, 0.29) is 12.4 Å². The molecule has 1 atom stereocenters. The third-order valence-electron chi connectivity index (χ3n) is 2.88. The van der Waals surface area contributed by atoms with Gasteiger partial charge in [0.25, 0.3) is 0 Å². The van der Waals surface area contributed by atoms with Crippen LogP contribution in [0.1, 0.15) is 24.5 Å². The van der Waals surface area contributed by atoms with E-state index in [0.717, 1.165) is 16.9 Å². The fraction of sp³-hybridized carbons (Fsp3) is 0.467. The summed E-state index contributed by atoms with van der Waals surface area (Å²) in [6.07, 6.45) is 0.573. The molecule has 1 aromatic rings. The SMILES string of the molecule is CCOC(=O)C(N)CCSCc1ccccc1CC(=O)O. The molecule has 0 radical (unpaired) electrons. The van der Waals surface area contributed by atoms with E-state index in [1.54, 1.807) is 18.7 Å². The maximum Gasteiger partial charge on any atom is 0.322 e. The number of rotatable bonds is 9. The first-order valence-corrected chi connectivity index (χ1v) is 7.98. The van der Waals surface area contributed by atoms with Crippen molar-refractivity contribution in [3.05, 3.63) is 35.4 Å². The molecule has 0 bridgehead atoms. The van der Waals surface area contributed by atoms with Crippen molar-refractivity contribution in [1.82, 2.24) is 0 Å². The Hall–Kier alpha value is -1.53. The summed E-state index contributed by atoms with van der Waals surface area (Å²) < 4.78 is 4.84. The quantitative estimate of drug-likeness (QED) is 0.534. The Labute approximate surface area is 128 Å². The second kappa shape index (κ2) is 9.41. The smallest absolute Gasteiger partial charge is 0.322 e. The lowest BCUT2D eigenvalue weighted by Crippen LogP contribution is -2.32. The third kappa shape index (κ3) is 6.64. The van der Waals surface area contributed by atoms with Gasteiger partial charge in [0.15, 0.2) is 0 Å². The molecule has 0 aliphatic heterocycles. The second-order valence-corrected chi connectivity index (χ2v) is 5.64. The first-order chi connectivity index (χ1) is 10.0. The molecule has 0 aromatic heterocycles. The predicted molar refractivity (Wildman–Crippen MR) is 83.2 cm³/mol. The number of thioether (sulfide) groups is 1. The van der Waals surface area contributed by atoms with Crippen molar-refractivity contribution in [2.45, 2.75) is 31.6 Å². The summed E-state index contributed by atoms with van der Waals surface area (Å²) >= 11 is 1.63. The van der Waals surface area contributed by atoms with Crippen molar-refractivity contribution < 1.29 is 19.4 Å². The molecule has 0 spiro atoms. The van der Waals surface area contributed by atoms with Crippen LogP contribution in [0, 0.1) is 0 Å². The van der Waals surface area contributed by atoms with E-state index >= 15 is 0 Å². The average molecular weight is 311 g/mol. The summed E-state index contributed by atoms with van der Waals surface area (Å²) in [6.45, 7) is 2.08. The van der Waals surface area contributed by atoms with Gasteiger partial charge in [-0.15, -0.1) is 0 Å². The van der Waals surface area contributed by atoms with Gasteiger partial charge in [0.1, 0.15) is 6.04 Å². The fourth-order valence-electron chi connectivity index (χ4n) is 1.79. The Balaban J connectivity index is 2.39. The zero-order valence-electron chi connectivity index (χ0n) is 12.1. The highest BCUT2D eigenvalue weighted by Gasteiger charge is 2.14. The molecular formula is C15H21NO4S. The second-order valence-electron chi connectivity index (χ2n) is 4.54. The van der Waals surface area contributed by atoms with Crippen molar-refractivity contribution in [2.24, 2.45) is 5.73 Å². The zero-order valence-corrected chi connectivity index (χ0v) is 12.9. The minimum Gasteiger partial charge on any atom is -0.481 e. The van der Waals surface area contributed by atoms with Gasteiger partial charge in [-0.2, -0.15) is 11.8 Å². The largest absolute Gasteiger partial charge is 0.481 e. The number of hydrogen-bond donors (Lipinski definition) is 2. The molecule has 1 aromatic carbocycles. The lowest BCUT2D eigenvalue weighted by Gasteiger charge is -2.11. The third-order valence-corrected chi connectivity index (χ3v) is 3.92. The molecule has 0 aliphatic rings. The van der Waals surface area contributed by atoms with Crippen LogP contribution in [0.2, 0.25) is 0 Å². The van der Waals surface area contributed by atoms with Crippen molar-refractivity contribution >= 4 is 23.7 Å². The Morgan fingerprint density at radius 1 is 1.33 bits per heavy atom. The van der Waals surface area contributed by atoms with Crippen LogP contribution in [0.15, 0.2) is 24.3 Å². The molecule has 5 nitrogen and oxygen atoms in total. The molecular weight excluding hydrogens is 290 g/mol. The van der Waals surface area contributed by atoms with E-state index < -0.39 is 12.0 Å². The Bertz CT molecular complexity index is 478. The Kier molecular flexibility index (Phi) is 7.85. The molecule has 116 valence electrons. The number of esters is 1. The number of nitrogens with two attached hydrogens (primary N) is 1. The maximum absolute atomic E-state index is 11.4. The predicted octanol–water partition coefficient (Wildman–Crippen LogP) is 1.83. The summed E-state index contributed by atoms with van der Waals surface area (Å²) in [7, 11) is 0. The minimum absolute atomic E-state index is 0.0269. The molecule has 0 heterocycles. The van der Waals surface area contributed by atoms with Gasteiger partial charge in [-0.25, -0.2) is 0 Å². The van der Waals surface area contributed by atoms with Gasteiger partial charge in [0.05, 0.1) is 13.0 Å². The Morgan fingerprint density at radius 3 is 2.62 bits per heavy atom. The number of benzene rings is 1. The van der Waals surface area contributed by atoms with Crippen LogP contribution in [0.3, 0.4) is 0 Å². The highest BCUT2D eigenvalue weighted by Crippen LogP contribution is 2.18. The summed E-state index contributed by atoms with van der Waals surface area (Å²) in [6, 6.07) is 6.89. The van der Waals surface area contributed by atoms with E-state index in [9.17, 15) is 9.59 Å². The van der Waals surface area contributed by atoms with E-state index in [1.807, 2.05) is 24.3 Å². The van der Waals surface area contributed by atoms with E-state index in [0.29, 0.717) is 18.8 Å². The number of carboxylic acid groups (broad SMARTS) is 1. The summed E-state index contributed by atoms with van der Waals surface area (Å²) in [4.78, 5) is 22.2. The standard InChI is InChI=1S/C15H21NO4S/c1-2-20-15(19)13(16)7-8-21-10-12-6-4-3-5-11(12)9-14(17)18/h3-6,13H,2,7-10,16H2,1H3,(H,17,18). The number of ether oxygens (including phenoxy) is 1. The highest BCUT2D eigenvalue weighted by atomic mass is 32.2. The molecule has 0 saturated heterocycles. The zero-order chi connectivity index (χ0) is 15.7. The number of hydrogen-bond acceptors (Lipinski definition) is 5. The summed E-state index contributed by atoms with van der Waals surface area (Å²) in [5, 5.41) is 8.87. The van der Waals surface area contributed by atoms with Gasteiger partial charge in [0, 0.05) is 5.75 Å². The van der Waals surface area contributed by atoms with E-state index in [4.69, 9.17) is 15.6 Å². The van der Waals surface area contributed by atoms with Gasteiger partial charge in [-0.05, 0) is 30.2 Å². The van der Waals surface area contributed by atoms with Gasteiger partial charge in [-0.1, -0.05) is 24.3 Å². The topological polar surface area (TPSA) is 89.6 Å². The maximum atomic E-state index is 11.4. The van der Waals surface area contributed by atoms with Crippen LogP contribution in [-0.4, -0.2) is 35.4 Å². The molecule has 1 rings (SSSR count). The van der Waals surface area contributed by atoms with Crippen LogP contribution in [0.25, 0.3) is 0 Å². The van der Waals surface area contributed by atoms with Crippen molar-refractivity contribution in [3.8, 4) is 0 Å². The molecule has 0 aliphatic carbocycles. The molecule has 3 N–H and O–H groups in total. The molecule has 0 fully saturated rings. The average Bonchev–Trinajstić information content (AvgIpc) is 2.44. The molecule has 21 heavy (non-hydrogen) atoms. The van der Waals surface area contributed by atoms with Crippen LogP contribution in [-0.2, 0) is 26.5 Å². The molecule has 0 amide bonds. The van der Waals surface area contributed by atoms with Gasteiger partial charge >= 0.3 is 11.9 Å². The minimum atomic E-state index is -0.836. The first-order valence-electron chi connectivity index (χ1n) is 6.83. The lowest BCUT2D eigenvalue weighted by atomic mass is 10.1. The molecule has 6 heteroatoms. The normalized spacial score (nSPS) is 11.9. The summed E-state index contributed by atoms with van der Waals surface area (Å²) in [5.41, 5.74) is 7.55. The number of aliphatic carboxylic acids is 1. The molecule has 1 unspecified atom stereocenters. The fourth-order valence-corrected chi connectivity index (χ4v) is 2.86. The van der Waals surface area contributed by atoms with Crippen LogP contribution in [0.4, 0.5) is 0 Å². The number of carbonyl (C=O) groups excluding carboxylic acids is 1. The first kappa shape index (κ1) is 17.5. The van der Waals surface area contributed by atoms with Gasteiger partial charge in [0.2, 0.25) is 0 Å². The van der Waals surface area contributed by atoms with Crippen LogP contribution in [0.5, 0.6) is 0 Å². The van der Waals surface area contributed by atoms with Crippen molar-refractivity contribution in [3.63, 3.8) is 0 Å². The molecule has 0 saturated carbocycles. The van der Waals surface area contributed by atoms with Crippen molar-refractivity contribution in [1.29, 1.82) is 0 Å². The monoisotopic (exact) mass is 311 g/mol. The highest BCUT2D eigenvalue weighted by molar-refractivity contribution is 7.98. The number of carbonyl (C=O) groups is 2. The van der Waals surface area contributed by atoms with Gasteiger partial charge in [-0.3, -0.25) is 9.59 Å². The van der Waals surface area contributed by atoms with E-state index in [1.165, 1.54) is 0 Å². The van der Waals surface area contributed by atoms with Crippen LogP contribution >= 0.6 is 11.8 Å². The Morgan fingerprint density at radius 2 is 2.00 bits per heavy atom. The number of carboxylic acids is 1.